The summed E-state index contributed by atoms with van der Waals surface area (Å²) < 4.78 is 0. The van der Waals surface area contributed by atoms with Gasteiger partial charge in [0.25, 0.3) is 0 Å². The number of aryl methyl sites for hydroxylation is 1. The Labute approximate surface area is 196 Å². The van der Waals surface area contributed by atoms with E-state index in [0.29, 0.717) is 13.1 Å². The van der Waals surface area contributed by atoms with Crippen LogP contribution in [0.4, 0.5) is 0 Å². The van der Waals surface area contributed by atoms with Gasteiger partial charge in [-0.2, -0.15) is 0 Å². The van der Waals surface area contributed by atoms with Gasteiger partial charge in [0.15, 0.2) is 5.96 Å². The van der Waals surface area contributed by atoms with Crippen molar-refractivity contribution in [1.82, 2.24) is 20.5 Å². The van der Waals surface area contributed by atoms with E-state index in [2.05, 4.69) is 58.6 Å². The number of aromatic nitrogens is 1. The molecule has 7 heteroatoms. The average molecular weight is 528 g/mol. The van der Waals surface area contributed by atoms with Gasteiger partial charge in [-0.15, -0.1) is 35.3 Å². The molecule has 1 aromatic heterocycles. The van der Waals surface area contributed by atoms with Crippen LogP contribution in [0.5, 0.6) is 0 Å². The van der Waals surface area contributed by atoms with Gasteiger partial charge in [0.05, 0.1) is 13.1 Å². The van der Waals surface area contributed by atoms with Crippen LogP contribution in [0.2, 0.25) is 0 Å². The zero-order valence-corrected chi connectivity index (χ0v) is 20.8. The number of halogens is 1. The molecule has 5 nitrogen and oxygen atoms in total. The molecule has 160 valence electrons. The Morgan fingerprint density at radius 3 is 2.48 bits per heavy atom. The fraction of sp³-hybridized carbons (Fsp3) is 0.545. The van der Waals surface area contributed by atoms with Crippen LogP contribution in [0.1, 0.15) is 53.6 Å². The molecule has 0 radical (unpaired) electrons. The van der Waals surface area contributed by atoms with Crippen molar-refractivity contribution in [3.63, 3.8) is 0 Å². The summed E-state index contributed by atoms with van der Waals surface area (Å²) in [5.41, 5.74) is 2.72. The van der Waals surface area contributed by atoms with E-state index in [1.54, 1.807) is 11.3 Å². The van der Waals surface area contributed by atoms with Crippen molar-refractivity contribution in [3.8, 4) is 0 Å². The molecule has 1 aliphatic rings. The lowest BCUT2D eigenvalue weighted by atomic mass is 10.1. The zero-order valence-electron chi connectivity index (χ0n) is 17.6. The highest BCUT2D eigenvalue weighted by molar-refractivity contribution is 14.0. The molecule has 0 saturated carbocycles. The molecule has 29 heavy (non-hydrogen) atoms. The van der Waals surface area contributed by atoms with Gasteiger partial charge < -0.3 is 10.6 Å². The summed E-state index contributed by atoms with van der Waals surface area (Å²) in [5, 5.41) is 7.84. The van der Waals surface area contributed by atoms with Crippen LogP contribution in [0.15, 0.2) is 35.5 Å². The van der Waals surface area contributed by atoms with E-state index in [0.717, 1.165) is 24.1 Å². The molecule has 0 aliphatic carbocycles. The maximum absolute atomic E-state index is 4.83. The molecule has 2 N–H and O–H groups in total. The Kier molecular flexibility index (Phi) is 10.9. The van der Waals surface area contributed by atoms with E-state index in [9.17, 15) is 0 Å². The molecule has 2 aromatic rings. The highest BCUT2D eigenvalue weighted by Gasteiger charge is 2.11. The lowest BCUT2D eigenvalue weighted by Gasteiger charge is -2.21. The van der Waals surface area contributed by atoms with Gasteiger partial charge in [-0.05, 0) is 50.9 Å². The lowest BCUT2D eigenvalue weighted by molar-refractivity contribution is 0.276. The molecule has 0 atom stereocenters. The Hall–Kier alpha value is -1.19. The summed E-state index contributed by atoms with van der Waals surface area (Å²) >= 11 is 1.72. The molecular weight excluding hydrogens is 493 g/mol. The van der Waals surface area contributed by atoms with Crippen LogP contribution in [0.3, 0.4) is 0 Å². The first-order valence-electron chi connectivity index (χ1n) is 10.5. The van der Waals surface area contributed by atoms with Gasteiger partial charge >= 0.3 is 0 Å². The first-order chi connectivity index (χ1) is 13.7. The second-order valence-corrected chi connectivity index (χ2v) is 8.69. The minimum Gasteiger partial charge on any atom is -0.357 e. The predicted octanol–water partition coefficient (Wildman–Crippen LogP) is 4.70. The Morgan fingerprint density at radius 2 is 1.83 bits per heavy atom. The minimum absolute atomic E-state index is 0. The number of hydrogen-bond donors (Lipinski definition) is 2. The molecule has 2 heterocycles. The quantitative estimate of drug-likeness (QED) is 0.312. The normalized spacial score (nSPS) is 15.4. The topological polar surface area (TPSA) is 52.6 Å². The summed E-state index contributed by atoms with van der Waals surface area (Å²) in [7, 11) is 0. The van der Waals surface area contributed by atoms with E-state index >= 15 is 0 Å². The minimum atomic E-state index is 0. The fourth-order valence-corrected chi connectivity index (χ4v) is 4.28. The summed E-state index contributed by atoms with van der Waals surface area (Å²) in [6.45, 7) is 9.89. The van der Waals surface area contributed by atoms with Crippen molar-refractivity contribution in [2.45, 2.75) is 59.2 Å². The van der Waals surface area contributed by atoms with Crippen LogP contribution in [0, 0.1) is 6.92 Å². The second-order valence-electron chi connectivity index (χ2n) is 7.37. The summed E-state index contributed by atoms with van der Waals surface area (Å²) in [6, 6.07) is 8.74. The van der Waals surface area contributed by atoms with E-state index in [1.165, 1.54) is 54.8 Å². The Bertz CT molecular complexity index is 753. The number of likely N-dealkylation sites (tertiary alicyclic amines) is 1. The number of nitrogens with one attached hydrogen (secondary N) is 2. The maximum Gasteiger partial charge on any atom is 0.191 e. The summed E-state index contributed by atoms with van der Waals surface area (Å²) in [4.78, 5) is 13.1. The molecule has 3 rings (SSSR count). The van der Waals surface area contributed by atoms with Gasteiger partial charge in [0.2, 0.25) is 0 Å². The third-order valence-electron chi connectivity index (χ3n) is 5.04. The Balaban J connectivity index is 0.00000300. The van der Waals surface area contributed by atoms with Crippen LogP contribution in [0.25, 0.3) is 0 Å². The van der Waals surface area contributed by atoms with Crippen molar-refractivity contribution < 1.29 is 0 Å². The molecule has 0 amide bonds. The van der Waals surface area contributed by atoms with Gasteiger partial charge in [0, 0.05) is 24.2 Å². The number of thiazole rings is 1. The van der Waals surface area contributed by atoms with Gasteiger partial charge in [-0.25, -0.2) is 9.98 Å². The third-order valence-corrected chi connectivity index (χ3v) is 5.95. The van der Waals surface area contributed by atoms with Crippen LogP contribution in [-0.4, -0.2) is 35.5 Å². The standard InChI is InChI=1S/C22H33N5S.HI/c1-3-23-22(26-16-21-24-14-18(2)28-21)25-15-19-10-6-7-11-20(19)17-27-12-8-4-5-9-13-27;/h6-7,10-11,14H,3-5,8-9,12-13,15-17H2,1-2H3,(H2,23,25,26);1H. The fourth-order valence-electron chi connectivity index (χ4n) is 3.55. The molecule has 1 aliphatic heterocycles. The van der Waals surface area contributed by atoms with Gasteiger partial charge in [-0.1, -0.05) is 37.1 Å². The van der Waals surface area contributed by atoms with Gasteiger partial charge in [0.1, 0.15) is 5.01 Å². The number of rotatable bonds is 7. The number of benzene rings is 1. The van der Waals surface area contributed by atoms with E-state index in [1.807, 2.05) is 6.20 Å². The SMILES string of the molecule is CCNC(=NCc1ccccc1CN1CCCCCC1)NCc1ncc(C)s1.I. The molecule has 0 unspecified atom stereocenters. The van der Waals surface area contributed by atoms with Crippen molar-refractivity contribution >= 4 is 41.3 Å². The zero-order chi connectivity index (χ0) is 19.6. The number of nitrogens with zero attached hydrogens (tertiary/aromatic N) is 3. The highest BCUT2D eigenvalue weighted by Crippen LogP contribution is 2.17. The van der Waals surface area contributed by atoms with E-state index in [4.69, 9.17) is 4.99 Å². The van der Waals surface area contributed by atoms with Gasteiger partial charge in [-0.3, -0.25) is 4.90 Å². The molecular formula is C22H34IN5S. The van der Waals surface area contributed by atoms with E-state index < -0.39 is 0 Å². The summed E-state index contributed by atoms with van der Waals surface area (Å²) in [5.74, 6) is 0.847. The maximum atomic E-state index is 4.83. The summed E-state index contributed by atoms with van der Waals surface area (Å²) in [6.07, 6.45) is 7.32. The van der Waals surface area contributed by atoms with Crippen LogP contribution < -0.4 is 10.6 Å². The van der Waals surface area contributed by atoms with Crippen molar-refractivity contribution in [1.29, 1.82) is 0 Å². The van der Waals surface area contributed by atoms with Crippen molar-refractivity contribution in [3.05, 3.63) is 51.5 Å². The second kappa shape index (κ2) is 13.2. The number of hydrogen-bond acceptors (Lipinski definition) is 4. The molecule has 1 saturated heterocycles. The molecule has 1 fully saturated rings. The van der Waals surface area contributed by atoms with Crippen LogP contribution >= 0.6 is 35.3 Å². The largest absolute Gasteiger partial charge is 0.357 e. The van der Waals surface area contributed by atoms with Crippen molar-refractivity contribution in [2.75, 3.05) is 19.6 Å². The smallest absolute Gasteiger partial charge is 0.191 e. The predicted molar refractivity (Wildman–Crippen MR) is 134 cm³/mol. The molecule has 0 bridgehead atoms. The molecule has 0 spiro atoms. The first-order valence-corrected chi connectivity index (χ1v) is 11.3. The lowest BCUT2D eigenvalue weighted by Crippen LogP contribution is -2.36. The molecule has 1 aromatic carbocycles. The highest BCUT2D eigenvalue weighted by atomic mass is 127. The Morgan fingerprint density at radius 1 is 1.10 bits per heavy atom. The van der Waals surface area contributed by atoms with E-state index in [-0.39, 0.29) is 24.0 Å². The number of aliphatic imine (C=N–C) groups is 1. The monoisotopic (exact) mass is 527 g/mol. The van der Waals surface area contributed by atoms with Crippen molar-refractivity contribution in [2.24, 2.45) is 4.99 Å². The number of guanidine groups is 1. The third kappa shape index (κ3) is 8.22. The first kappa shape index (κ1) is 24.1. The average Bonchev–Trinajstić information content (AvgIpc) is 2.95. The van der Waals surface area contributed by atoms with Crippen LogP contribution in [-0.2, 0) is 19.6 Å².